The third-order valence-electron chi connectivity index (χ3n) is 4.82. The van der Waals surface area contributed by atoms with Gasteiger partial charge in [0.1, 0.15) is 0 Å². The van der Waals surface area contributed by atoms with Gasteiger partial charge in [-0.2, -0.15) is 5.10 Å². The maximum absolute atomic E-state index is 11.0. The molecule has 1 unspecified atom stereocenters. The van der Waals surface area contributed by atoms with E-state index in [0.29, 0.717) is 10.9 Å². The fourth-order valence-corrected chi connectivity index (χ4v) is 3.56. The lowest BCUT2D eigenvalue weighted by Crippen LogP contribution is -2.35. The van der Waals surface area contributed by atoms with Crippen molar-refractivity contribution >= 4 is 22.5 Å². The largest absolute Gasteiger partial charge is 0.388 e. The van der Waals surface area contributed by atoms with Crippen molar-refractivity contribution in [2.45, 2.75) is 32.8 Å². The molecule has 5 heteroatoms. The van der Waals surface area contributed by atoms with Crippen molar-refractivity contribution in [1.82, 2.24) is 10.2 Å². The molecule has 4 nitrogen and oxygen atoms in total. The normalized spacial score (nSPS) is 19.0. The lowest BCUT2D eigenvalue weighted by Gasteiger charge is -2.40. The highest BCUT2D eigenvalue weighted by Gasteiger charge is 2.38. The number of aliphatic hydroxyl groups excluding tert-OH is 1. The maximum atomic E-state index is 11.0. The third kappa shape index (κ3) is 2.68. The number of rotatable bonds is 3. The Labute approximate surface area is 129 Å². The van der Waals surface area contributed by atoms with Crippen molar-refractivity contribution in [3.05, 3.63) is 28.9 Å². The number of nitrogens with zero attached hydrogens (tertiary/aromatic N) is 1. The van der Waals surface area contributed by atoms with Gasteiger partial charge < -0.3 is 9.84 Å². The van der Waals surface area contributed by atoms with Crippen LogP contribution < -0.4 is 0 Å². The molecular weight excluding hydrogens is 288 g/mol. The topological polar surface area (TPSA) is 58.1 Å². The van der Waals surface area contributed by atoms with Crippen molar-refractivity contribution in [2.24, 2.45) is 11.3 Å². The molecule has 0 spiro atoms. The van der Waals surface area contributed by atoms with Crippen LogP contribution >= 0.6 is 11.6 Å². The molecular formula is C16H21ClN2O2. The number of H-pyrrole nitrogens is 1. The number of aliphatic hydroxyl groups is 1. The van der Waals surface area contributed by atoms with E-state index < -0.39 is 6.10 Å². The van der Waals surface area contributed by atoms with Crippen molar-refractivity contribution in [3.63, 3.8) is 0 Å². The van der Waals surface area contributed by atoms with Crippen molar-refractivity contribution in [1.29, 1.82) is 0 Å². The minimum Gasteiger partial charge on any atom is -0.388 e. The second kappa shape index (κ2) is 5.59. The van der Waals surface area contributed by atoms with E-state index in [2.05, 4.69) is 24.0 Å². The van der Waals surface area contributed by atoms with Crippen LogP contribution in [0.2, 0.25) is 5.02 Å². The summed E-state index contributed by atoms with van der Waals surface area (Å²) in [6.45, 7) is 5.79. The van der Waals surface area contributed by atoms with Gasteiger partial charge in [0.15, 0.2) is 0 Å². The maximum Gasteiger partial charge on any atom is 0.0864 e. The van der Waals surface area contributed by atoms with E-state index in [1.807, 2.05) is 12.1 Å². The zero-order valence-electron chi connectivity index (χ0n) is 12.4. The number of aromatic nitrogens is 2. The Hall–Kier alpha value is -1.10. The fourth-order valence-electron chi connectivity index (χ4n) is 3.33. The summed E-state index contributed by atoms with van der Waals surface area (Å²) in [7, 11) is 0. The molecule has 0 saturated carbocycles. The molecule has 1 aromatic heterocycles. The molecule has 1 aromatic carbocycles. The summed E-state index contributed by atoms with van der Waals surface area (Å²) < 4.78 is 5.44. The van der Waals surface area contributed by atoms with Crippen LogP contribution in [0.25, 0.3) is 10.9 Å². The number of ether oxygens (including phenoxy) is 1. The first kappa shape index (κ1) is 14.8. The first-order chi connectivity index (χ1) is 10.00. The quantitative estimate of drug-likeness (QED) is 0.909. The summed E-state index contributed by atoms with van der Waals surface area (Å²) in [4.78, 5) is 0. The number of benzene rings is 1. The first-order valence-electron chi connectivity index (χ1n) is 7.38. The number of hydrogen-bond acceptors (Lipinski definition) is 3. The average Bonchev–Trinajstić information content (AvgIpc) is 2.94. The van der Waals surface area contributed by atoms with Gasteiger partial charge in [-0.05, 0) is 36.3 Å². The molecule has 2 heterocycles. The van der Waals surface area contributed by atoms with Crippen LogP contribution in [0.1, 0.15) is 38.4 Å². The second-order valence-electron chi connectivity index (χ2n) is 6.44. The zero-order chi connectivity index (χ0) is 15.0. The van der Waals surface area contributed by atoms with Crippen molar-refractivity contribution < 1.29 is 9.84 Å². The van der Waals surface area contributed by atoms with E-state index in [9.17, 15) is 5.11 Å². The molecule has 3 rings (SSSR count). The number of hydrogen-bond donors (Lipinski definition) is 2. The zero-order valence-corrected chi connectivity index (χ0v) is 13.2. The summed E-state index contributed by atoms with van der Waals surface area (Å²) in [5, 5.41) is 19.6. The number of fused-ring (bicyclic) bond motifs is 1. The van der Waals surface area contributed by atoms with Crippen molar-refractivity contribution in [2.75, 3.05) is 13.2 Å². The highest BCUT2D eigenvalue weighted by Crippen LogP contribution is 2.45. The van der Waals surface area contributed by atoms with E-state index in [-0.39, 0.29) is 5.41 Å². The highest BCUT2D eigenvalue weighted by atomic mass is 35.5. The van der Waals surface area contributed by atoms with E-state index in [1.165, 1.54) is 0 Å². The van der Waals surface area contributed by atoms with Crippen LogP contribution in [-0.2, 0) is 4.74 Å². The highest BCUT2D eigenvalue weighted by molar-refractivity contribution is 6.31. The average molecular weight is 309 g/mol. The Morgan fingerprint density at radius 1 is 1.38 bits per heavy atom. The molecule has 0 bridgehead atoms. The van der Waals surface area contributed by atoms with E-state index >= 15 is 0 Å². The van der Waals surface area contributed by atoms with E-state index in [1.54, 1.807) is 6.20 Å². The minimum atomic E-state index is -0.595. The molecule has 2 N–H and O–H groups in total. The summed E-state index contributed by atoms with van der Waals surface area (Å²) in [6, 6.07) is 3.70. The number of aromatic amines is 1. The van der Waals surface area contributed by atoms with Crippen LogP contribution in [0.4, 0.5) is 0 Å². The Morgan fingerprint density at radius 2 is 2.10 bits per heavy atom. The molecule has 1 fully saturated rings. The molecule has 114 valence electrons. The molecule has 1 aliphatic heterocycles. The Bertz CT molecular complexity index is 632. The lowest BCUT2D eigenvalue weighted by atomic mass is 9.69. The molecule has 1 atom stereocenters. The van der Waals surface area contributed by atoms with Gasteiger partial charge in [-0.1, -0.05) is 25.4 Å². The van der Waals surface area contributed by atoms with Crippen LogP contribution in [0.3, 0.4) is 0 Å². The Balaban J connectivity index is 1.98. The Morgan fingerprint density at radius 3 is 2.81 bits per heavy atom. The van der Waals surface area contributed by atoms with Gasteiger partial charge in [0.25, 0.3) is 0 Å². The molecule has 1 saturated heterocycles. The molecule has 0 aliphatic carbocycles. The summed E-state index contributed by atoms with van der Waals surface area (Å²) in [6.07, 6.45) is 3.11. The van der Waals surface area contributed by atoms with Gasteiger partial charge in [0.2, 0.25) is 0 Å². The van der Waals surface area contributed by atoms with Gasteiger partial charge in [-0.3, -0.25) is 5.10 Å². The number of nitrogens with one attached hydrogen (secondary N) is 1. The Kier molecular flexibility index (Phi) is 3.95. The monoisotopic (exact) mass is 308 g/mol. The summed E-state index contributed by atoms with van der Waals surface area (Å²) >= 11 is 6.19. The third-order valence-corrected chi connectivity index (χ3v) is 5.04. The molecule has 0 radical (unpaired) electrons. The van der Waals surface area contributed by atoms with Crippen LogP contribution in [0, 0.1) is 11.3 Å². The van der Waals surface area contributed by atoms with Crippen LogP contribution in [0.5, 0.6) is 0 Å². The molecule has 21 heavy (non-hydrogen) atoms. The molecule has 2 aromatic rings. The smallest absolute Gasteiger partial charge is 0.0864 e. The van der Waals surface area contributed by atoms with Gasteiger partial charge in [0, 0.05) is 29.2 Å². The second-order valence-corrected chi connectivity index (χ2v) is 6.88. The first-order valence-corrected chi connectivity index (χ1v) is 7.76. The van der Waals surface area contributed by atoms with Gasteiger partial charge in [-0.15, -0.1) is 0 Å². The SMILES string of the molecule is CC(C)(C1CCOCC1)C(O)c1cc(Cl)cc2cn[nH]c12. The number of halogens is 1. The van der Waals surface area contributed by atoms with Crippen LogP contribution in [0.15, 0.2) is 18.3 Å². The van der Waals surface area contributed by atoms with E-state index in [4.69, 9.17) is 16.3 Å². The van der Waals surface area contributed by atoms with Gasteiger partial charge in [0.05, 0.1) is 17.8 Å². The van der Waals surface area contributed by atoms with E-state index in [0.717, 1.165) is 42.5 Å². The fraction of sp³-hybridized carbons (Fsp3) is 0.562. The van der Waals surface area contributed by atoms with Gasteiger partial charge in [-0.25, -0.2) is 0 Å². The lowest BCUT2D eigenvalue weighted by molar-refractivity contribution is -0.0431. The minimum absolute atomic E-state index is 0.244. The summed E-state index contributed by atoms with van der Waals surface area (Å²) in [5.41, 5.74) is 1.45. The molecule has 1 aliphatic rings. The van der Waals surface area contributed by atoms with Crippen LogP contribution in [-0.4, -0.2) is 28.5 Å². The van der Waals surface area contributed by atoms with Crippen molar-refractivity contribution in [3.8, 4) is 0 Å². The summed E-state index contributed by atoms with van der Waals surface area (Å²) in [5.74, 6) is 0.429. The molecule has 0 amide bonds. The standard InChI is InChI=1S/C16H21ClN2O2/c1-16(2,11-3-5-21-6-4-11)15(20)13-8-12(17)7-10-9-18-19-14(10)13/h7-9,11,15,20H,3-6H2,1-2H3,(H,18,19). The predicted octanol–water partition coefficient (Wildman–Crippen LogP) is 3.70. The predicted molar refractivity (Wildman–Crippen MR) is 83.4 cm³/mol. The van der Waals surface area contributed by atoms with Gasteiger partial charge >= 0.3 is 0 Å².